The van der Waals surface area contributed by atoms with Gasteiger partial charge in [0.2, 0.25) is 11.8 Å². The molecule has 1 aliphatic rings. The highest BCUT2D eigenvalue weighted by atomic mass is 16.2. The topological polar surface area (TPSA) is 61.4 Å². The van der Waals surface area contributed by atoms with Crippen LogP contribution >= 0.6 is 0 Å². The Hall–Kier alpha value is -1.10. The van der Waals surface area contributed by atoms with Crippen LogP contribution in [0.2, 0.25) is 0 Å². The summed E-state index contributed by atoms with van der Waals surface area (Å²) in [6.45, 7) is 3.40. The number of likely N-dealkylation sites (N-methyl/N-ethyl adjacent to an activating group) is 1. The first-order chi connectivity index (χ1) is 6.65. The molecule has 1 unspecified atom stereocenters. The molecule has 1 atom stereocenters. The lowest BCUT2D eigenvalue weighted by Gasteiger charge is -2.16. The van der Waals surface area contributed by atoms with Crippen LogP contribution in [-0.4, -0.2) is 49.4 Å². The Morgan fingerprint density at radius 1 is 1.64 bits per heavy atom. The third-order valence-corrected chi connectivity index (χ3v) is 2.40. The molecule has 2 amide bonds. The second-order valence-electron chi connectivity index (χ2n) is 3.44. The van der Waals surface area contributed by atoms with Gasteiger partial charge in [0.25, 0.3) is 0 Å². The molecule has 1 fully saturated rings. The summed E-state index contributed by atoms with van der Waals surface area (Å²) in [6.07, 6.45) is 0.857. The van der Waals surface area contributed by atoms with Crippen LogP contribution in [0.15, 0.2) is 0 Å². The van der Waals surface area contributed by atoms with Crippen LogP contribution in [0.25, 0.3) is 0 Å². The lowest BCUT2D eigenvalue weighted by Crippen LogP contribution is -2.39. The molecule has 0 aromatic heterocycles. The van der Waals surface area contributed by atoms with E-state index in [0.29, 0.717) is 13.1 Å². The first kappa shape index (κ1) is 11.0. The number of rotatable bonds is 4. The van der Waals surface area contributed by atoms with E-state index in [-0.39, 0.29) is 17.9 Å². The van der Waals surface area contributed by atoms with Gasteiger partial charge in [0.05, 0.1) is 6.04 Å². The maximum absolute atomic E-state index is 11.6. The monoisotopic (exact) mass is 199 g/mol. The van der Waals surface area contributed by atoms with E-state index >= 15 is 0 Å². The Balaban J connectivity index is 2.26. The highest BCUT2D eigenvalue weighted by molar-refractivity contribution is 5.84. The number of hydrogen-bond acceptors (Lipinski definition) is 3. The Morgan fingerprint density at radius 2 is 2.36 bits per heavy atom. The van der Waals surface area contributed by atoms with Crippen molar-refractivity contribution < 1.29 is 9.59 Å². The minimum atomic E-state index is -0.0539. The van der Waals surface area contributed by atoms with Crippen molar-refractivity contribution in [1.29, 1.82) is 0 Å². The van der Waals surface area contributed by atoms with Crippen molar-refractivity contribution in [2.24, 2.45) is 0 Å². The molecule has 1 saturated heterocycles. The zero-order valence-corrected chi connectivity index (χ0v) is 8.67. The van der Waals surface area contributed by atoms with Crippen molar-refractivity contribution in [3.05, 3.63) is 0 Å². The van der Waals surface area contributed by atoms with Crippen molar-refractivity contribution in [3.8, 4) is 0 Å². The third kappa shape index (κ3) is 2.70. The van der Waals surface area contributed by atoms with E-state index in [4.69, 9.17) is 0 Å². The Morgan fingerprint density at radius 3 is 2.86 bits per heavy atom. The molecular formula is C9H17N3O2. The number of carbonyl (C=O) groups excluding carboxylic acids is 2. The minimum Gasteiger partial charge on any atom is -0.355 e. The molecule has 14 heavy (non-hydrogen) atoms. The predicted molar refractivity (Wildman–Crippen MR) is 52.7 cm³/mol. The van der Waals surface area contributed by atoms with Gasteiger partial charge in [-0.25, -0.2) is 0 Å². The molecule has 1 rings (SSSR count). The van der Waals surface area contributed by atoms with Gasteiger partial charge >= 0.3 is 0 Å². The van der Waals surface area contributed by atoms with Gasteiger partial charge in [0.1, 0.15) is 0 Å². The predicted octanol–water partition coefficient (Wildman–Crippen LogP) is -1.06. The van der Waals surface area contributed by atoms with E-state index in [1.54, 1.807) is 11.9 Å². The summed E-state index contributed by atoms with van der Waals surface area (Å²) in [7, 11) is 1.79. The lowest BCUT2D eigenvalue weighted by molar-refractivity contribution is -0.129. The molecular weight excluding hydrogens is 182 g/mol. The summed E-state index contributed by atoms with van der Waals surface area (Å²) in [6, 6.07) is -0.0349. The summed E-state index contributed by atoms with van der Waals surface area (Å²) < 4.78 is 0. The van der Waals surface area contributed by atoms with Gasteiger partial charge in [-0.1, -0.05) is 0 Å². The van der Waals surface area contributed by atoms with E-state index in [2.05, 4.69) is 10.6 Å². The van der Waals surface area contributed by atoms with Gasteiger partial charge < -0.3 is 15.5 Å². The van der Waals surface area contributed by atoms with Crippen LogP contribution in [-0.2, 0) is 9.59 Å². The van der Waals surface area contributed by atoms with Gasteiger partial charge in [0.15, 0.2) is 0 Å². The minimum absolute atomic E-state index is 0.0349. The fraction of sp³-hybridized carbons (Fsp3) is 0.778. The molecule has 80 valence electrons. The SMILES string of the molecule is CNC1CCN(CCNC(C)=O)C1=O. The van der Waals surface area contributed by atoms with Crippen LogP contribution in [0.5, 0.6) is 0 Å². The van der Waals surface area contributed by atoms with E-state index in [9.17, 15) is 9.59 Å². The molecule has 1 heterocycles. The molecule has 0 aromatic carbocycles. The molecule has 0 aliphatic carbocycles. The summed E-state index contributed by atoms with van der Waals surface area (Å²) in [4.78, 5) is 23.9. The van der Waals surface area contributed by atoms with Gasteiger partial charge in [-0.05, 0) is 13.5 Å². The molecule has 0 aromatic rings. The molecule has 1 aliphatic heterocycles. The summed E-state index contributed by atoms with van der Waals surface area (Å²) >= 11 is 0. The molecule has 0 bridgehead atoms. The normalized spacial score (nSPS) is 21.4. The second kappa shape index (κ2) is 4.95. The first-order valence-electron chi connectivity index (χ1n) is 4.85. The molecule has 0 saturated carbocycles. The number of nitrogens with one attached hydrogen (secondary N) is 2. The number of hydrogen-bond donors (Lipinski definition) is 2. The summed E-state index contributed by atoms with van der Waals surface area (Å²) in [5, 5.41) is 5.64. The molecule has 5 nitrogen and oxygen atoms in total. The van der Waals surface area contributed by atoms with E-state index < -0.39 is 0 Å². The maximum atomic E-state index is 11.6. The van der Waals surface area contributed by atoms with Crippen LogP contribution in [0.1, 0.15) is 13.3 Å². The Kier molecular flexibility index (Phi) is 3.88. The second-order valence-corrected chi connectivity index (χ2v) is 3.44. The van der Waals surface area contributed by atoms with Crippen LogP contribution in [0, 0.1) is 0 Å². The van der Waals surface area contributed by atoms with Crippen LogP contribution in [0.3, 0.4) is 0 Å². The number of nitrogens with zero attached hydrogens (tertiary/aromatic N) is 1. The Bertz CT molecular complexity index is 230. The number of carbonyl (C=O) groups is 2. The number of amides is 2. The fourth-order valence-corrected chi connectivity index (χ4v) is 1.60. The van der Waals surface area contributed by atoms with Crippen molar-refractivity contribution >= 4 is 11.8 Å². The van der Waals surface area contributed by atoms with Crippen molar-refractivity contribution in [3.63, 3.8) is 0 Å². The van der Waals surface area contributed by atoms with Gasteiger partial charge in [-0.15, -0.1) is 0 Å². The van der Waals surface area contributed by atoms with E-state index in [1.807, 2.05) is 0 Å². The fourth-order valence-electron chi connectivity index (χ4n) is 1.60. The standard InChI is InChI=1S/C9H17N3O2/c1-7(13)11-4-6-12-5-3-8(10-2)9(12)14/h8,10H,3-6H2,1-2H3,(H,11,13). The maximum Gasteiger partial charge on any atom is 0.239 e. The van der Waals surface area contributed by atoms with Crippen LogP contribution in [0.4, 0.5) is 0 Å². The van der Waals surface area contributed by atoms with Crippen LogP contribution < -0.4 is 10.6 Å². The molecule has 2 N–H and O–H groups in total. The molecule has 0 spiro atoms. The van der Waals surface area contributed by atoms with Gasteiger partial charge in [0, 0.05) is 26.6 Å². The number of likely N-dealkylation sites (tertiary alicyclic amines) is 1. The highest BCUT2D eigenvalue weighted by Crippen LogP contribution is 2.09. The largest absolute Gasteiger partial charge is 0.355 e. The van der Waals surface area contributed by atoms with E-state index in [1.165, 1.54) is 6.92 Å². The van der Waals surface area contributed by atoms with Gasteiger partial charge in [-0.3, -0.25) is 9.59 Å². The van der Waals surface area contributed by atoms with E-state index in [0.717, 1.165) is 13.0 Å². The third-order valence-electron chi connectivity index (χ3n) is 2.40. The quantitative estimate of drug-likeness (QED) is 0.607. The smallest absolute Gasteiger partial charge is 0.239 e. The van der Waals surface area contributed by atoms with Crippen molar-refractivity contribution in [1.82, 2.24) is 15.5 Å². The zero-order chi connectivity index (χ0) is 10.6. The molecule has 0 radical (unpaired) electrons. The van der Waals surface area contributed by atoms with Gasteiger partial charge in [-0.2, -0.15) is 0 Å². The average Bonchev–Trinajstić information content (AvgIpc) is 2.47. The average molecular weight is 199 g/mol. The summed E-state index contributed by atoms with van der Waals surface area (Å²) in [5.41, 5.74) is 0. The zero-order valence-electron chi connectivity index (χ0n) is 8.67. The first-order valence-corrected chi connectivity index (χ1v) is 4.85. The summed E-state index contributed by atoms with van der Waals surface area (Å²) in [5.74, 6) is 0.0830. The molecule has 5 heteroatoms. The van der Waals surface area contributed by atoms with Crippen molar-refractivity contribution in [2.45, 2.75) is 19.4 Å². The lowest BCUT2D eigenvalue weighted by atomic mass is 10.3. The van der Waals surface area contributed by atoms with Crippen molar-refractivity contribution in [2.75, 3.05) is 26.7 Å². The Labute approximate surface area is 83.8 Å². The highest BCUT2D eigenvalue weighted by Gasteiger charge is 2.29.